The van der Waals surface area contributed by atoms with Crippen molar-refractivity contribution in [2.45, 2.75) is 32.2 Å². The average Bonchev–Trinajstić information content (AvgIpc) is 2.44. The summed E-state index contributed by atoms with van der Waals surface area (Å²) in [6.07, 6.45) is 1.28. The van der Waals surface area contributed by atoms with Crippen LogP contribution in [0.4, 0.5) is 0 Å². The van der Waals surface area contributed by atoms with Crippen LogP contribution in [0, 0.1) is 0 Å². The van der Waals surface area contributed by atoms with Crippen molar-refractivity contribution in [3.8, 4) is 5.75 Å². The predicted octanol–water partition coefficient (Wildman–Crippen LogP) is 3.26. The van der Waals surface area contributed by atoms with E-state index in [9.17, 15) is 4.79 Å². The zero-order valence-corrected chi connectivity index (χ0v) is 13.7. The third-order valence-corrected chi connectivity index (χ3v) is 4.77. The molecule has 0 heterocycles. The summed E-state index contributed by atoms with van der Waals surface area (Å²) < 4.78 is 5.11. The standard InChI is InChI=1S/C15H22BrNO2/c1-15(2,11-16)17(3)14(18)10-7-12-5-8-13(19-4)9-6-12/h5-6,8-9H,7,10-11H2,1-4H3. The second-order valence-electron chi connectivity index (χ2n) is 5.25. The van der Waals surface area contributed by atoms with E-state index in [2.05, 4.69) is 15.9 Å². The minimum Gasteiger partial charge on any atom is -0.497 e. The molecule has 0 N–H and O–H groups in total. The van der Waals surface area contributed by atoms with Crippen LogP contribution in [0.2, 0.25) is 0 Å². The number of ether oxygens (including phenoxy) is 1. The van der Waals surface area contributed by atoms with Crippen molar-refractivity contribution in [3.63, 3.8) is 0 Å². The van der Waals surface area contributed by atoms with Crippen molar-refractivity contribution >= 4 is 21.8 Å². The molecule has 0 radical (unpaired) electrons. The molecule has 1 aromatic carbocycles. The smallest absolute Gasteiger partial charge is 0.223 e. The van der Waals surface area contributed by atoms with Gasteiger partial charge in [0.2, 0.25) is 5.91 Å². The van der Waals surface area contributed by atoms with Gasteiger partial charge in [0, 0.05) is 24.3 Å². The van der Waals surface area contributed by atoms with E-state index in [4.69, 9.17) is 4.74 Å². The van der Waals surface area contributed by atoms with Crippen molar-refractivity contribution in [1.82, 2.24) is 4.90 Å². The molecule has 106 valence electrons. The SMILES string of the molecule is COc1ccc(CCC(=O)N(C)C(C)(C)CBr)cc1. The van der Waals surface area contributed by atoms with Crippen LogP contribution in [0.1, 0.15) is 25.8 Å². The Kier molecular flexibility index (Phi) is 5.85. The van der Waals surface area contributed by atoms with E-state index in [0.717, 1.165) is 23.1 Å². The van der Waals surface area contributed by atoms with E-state index < -0.39 is 0 Å². The zero-order valence-electron chi connectivity index (χ0n) is 12.1. The second kappa shape index (κ2) is 6.94. The summed E-state index contributed by atoms with van der Waals surface area (Å²) in [5.41, 5.74) is 0.996. The van der Waals surface area contributed by atoms with E-state index >= 15 is 0 Å². The van der Waals surface area contributed by atoms with Gasteiger partial charge in [0.1, 0.15) is 5.75 Å². The van der Waals surface area contributed by atoms with Crippen LogP contribution in [0.3, 0.4) is 0 Å². The third-order valence-electron chi connectivity index (χ3n) is 3.40. The molecule has 0 aliphatic carbocycles. The molecule has 19 heavy (non-hydrogen) atoms. The molecule has 4 heteroatoms. The van der Waals surface area contributed by atoms with Crippen molar-refractivity contribution in [2.24, 2.45) is 0 Å². The number of halogens is 1. The molecule has 0 saturated heterocycles. The minimum atomic E-state index is -0.156. The Morgan fingerprint density at radius 2 is 1.89 bits per heavy atom. The number of benzene rings is 1. The molecule has 0 fully saturated rings. The monoisotopic (exact) mass is 327 g/mol. The number of alkyl halides is 1. The Hall–Kier alpha value is -1.03. The number of carbonyl (C=O) groups excluding carboxylic acids is 1. The van der Waals surface area contributed by atoms with Gasteiger partial charge in [0.15, 0.2) is 0 Å². The van der Waals surface area contributed by atoms with E-state index in [1.54, 1.807) is 7.11 Å². The molecule has 3 nitrogen and oxygen atoms in total. The topological polar surface area (TPSA) is 29.5 Å². The van der Waals surface area contributed by atoms with Gasteiger partial charge in [0.05, 0.1) is 7.11 Å². The molecule has 0 unspecified atom stereocenters. The van der Waals surface area contributed by atoms with Gasteiger partial charge in [-0.15, -0.1) is 0 Å². The first-order valence-corrected chi connectivity index (χ1v) is 7.48. The first-order valence-electron chi connectivity index (χ1n) is 6.36. The third kappa shape index (κ3) is 4.53. The number of aryl methyl sites for hydroxylation is 1. The molecule has 0 atom stereocenters. The number of nitrogens with zero attached hydrogens (tertiary/aromatic N) is 1. The maximum atomic E-state index is 12.1. The summed E-state index contributed by atoms with van der Waals surface area (Å²) in [6.45, 7) is 4.10. The second-order valence-corrected chi connectivity index (χ2v) is 5.81. The molecule has 0 aliphatic rings. The molecule has 1 amide bonds. The fraction of sp³-hybridized carbons (Fsp3) is 0.533. The summed E-state index contributed by atoms with van der Waals surface area (Å²) in [6, 6.07) is 7.85. The number of amides is 1. The molecule has 1 rings (SSSR count). The molecule has 0 saturated carbocycles. The highest BCUT2D eigenvalue weighted by molar-refractivity contribution is 9.09. The molecule has 0 aliphatic heterocycles. The lowest BCUT2D eigenvalue weighted by molar-refractivity contribution is -0.133. The highest BCUT2D eigenvalue weighted by Gasteiger charge is 2.25. The van der Waals surface area contributed by atoms with Crippen molar-refractivity contribution in [3.05, 3.63) is 29.8 Å². The van der Waals surface area contributed by atoms with Crippen LogP contribution in [0.5, 0.6) is 5.75 Å². The number of hydrogen-bond donors (Lipinski definition) is 0. The first kappa shape index (κ1) is 16.0. The van der Waals surface area contributed by atoms with E-state index in [-0.39, 0.29) is 11.4 Å². The molecular weight excluding hydrogens is 306 g/mol. The Bertz CT molecular complexity index is 415. The van der Waals surface area contributed by atoms with E-state index in [0.29, 0.717) is 6.42 Å². The predicted molar refractivity (Wildman–Crippen MR) is 82.0 cm³/mol. The van der Waals surface area contributed by atoms with Gasteiger partial charge in [-0.1, -0.05) is 28.1 Å². The first-order chi connectivity index (χ1) is 8.90. The van der Waals surface area contributed by atoms with Gasteiger partial charge in [-0.3, -0.25) is 4.79 Å². The van der Waals surface area contributed by atoms with Crippen LogP contribution in [-0.4, -0.2) is 35.8 Å². The van der Waals surface area contributed by atoms with Crippen molar-refractivity contribution in [1.29, 1.82) is 0 Å². The number of rotatable bonds is 6. The Balaban J connectivity index is 2.54. The van der Waals surface area contributed by atoms with E-state index in [1.165, 1.54) is 0 Å². The minimum absolute atomic E-state index is 0.156. The summed E-state index contributed by atoms with van der Waals surface area (Å²) in [5, 5.41) is 0.769. The average molecular weight is 328 g/mol. The van der Waals surface area contributed by atoms with Gasteiger partial charge in [0.25, 0.3) is 0 Å². The van der Waals surface area contributed by atoms with Gasteiger partial charge in [-0.2, -0.15) is 0 Å². The molecule has 1 aromatic rings. The van der Waals surface area contributed by atoms with Crippen molar-refractivity contribution in [2.75, 3.05) is 19.5 Å². The lowest BCUT2D eigenvalue weighted by atomic mass is 10.0. The molecule has 0 bridgehead atoms. The fourth-order valence-electron chi connectivity index (χ4n) is 1.64. The summed E-state index contributed by atoms with van der Waals surface area (Å²) in [4.78, 5) is 13.9. The Morgan fingerprint density at radius 1 is 1.32 bits per heavy atom. The van der Waals surface area contributed by atoms with Crippen LogP contribution >= 0.6 is 15.9 Å². The highest BCUT2D eigenvalue weighted by Crippen LogP contribution is 2.18. The fourth-order valence-corrected chi connectivity index (χ4v) is 2.01. The molecule has 0 aromatic heterocycles. The van der Waals surface area contributed by atoms with Gasteiger partial charge in [-0.05, 0) is 38.0 Å². The van der Waals surface area contributed by atoms with Crippen LogP contribution < -0.4 is 4.74 Å². The Labute approximate surface area is 124 Å². The van der Waals surface area contributed by atoms with Gasteiger partial charge < -0.3 is 9.64 Å². The van der Waals surface area contributed by atoms with Gasteiger partial charge in [-0.25, -0.2) is 0 Å². The number of methoxy groups -OCH3 is 1. The van der Waals surface area contributed by atoms with Crippen LogP contribution in [0.25, 0.3) is 0 Å². The quantitative estimate of drug-likeness (QED) is 0.750. The lowest BCUT2D eigenvalue weighted by Gasteiger charge is -2.34. The maximum absolute atomic E-state index is 12.1. The zero-order chi connectivity index (χ0) is 14.5. The lowest BCUT2D eigenvalue weighted by Crippen LogP contribution is -2.46. The van der Waals surface area contributed by atoms with E-state index in [1.807, 2.05) is 50.1 Å². The molecule has 0 spiro atoms. The number of carbonyl (C=O) groups is 1. The summed E-state index contributed by atoms with van der Waals surface area (Å²) >= 11 is 3.44. The molecular formula is C15H22BrNO2. The summed E-state index contributed by atoms with van der Waals surface area (Å²) in [5.74, 6) is 1.01. The normalized spacial score (nSPS) is 11.2. The van der Waals surface area contributed by atoms with Crippen molar-refractivity contribution < 1.29 is 9.53 Å². The van der Waals surface area contributed by atoms with Crippen LogP contribution in [0.15, 0.2) is 24.3 Å². The summed E-state index contributed by atoms with van der Waals surface area (Å²) in [7, 11) is 3.51. The van der Waals surface area contributed by atoms with Crippen LogP contribution in [-0.2, 0) is 11.2 Å². The maximum Gasteiger partial charge on any atom is 0.223 e. The largest absolute Gasteiger partial charge is 0.497 e. The van der Waals surface area contributed by atoms with Gasteiger partial charge >= 0.3 is 0 Å². The number of hydrogen-bond acceptors (Lipinski definition) is 2. The Morgan fingerprint density at radius 3 is 2.37 bits per heavy atom. The highest BCUT2D eigenvalue weighted by atomic mass is 79.9.